The molecule has 0 aliphatic rings. The number of aliphatic hydroxyl groups excluding tert-OH is 3. The molecular weight excluding hydrogens is 204 g/mol. The Morgan fingerprint density at radius 1 is 1.33 bits per heavy atom. The molecule has 2 atom stereocenters. The van der Waals surface area contributed by atoms with E-state index >= 15 is 0 Å². The van der Waals surface area contributed by atoms with Gasteiger partial charge in [-0.25, -0.2) is 5.43 Å². The third kappa shape index (κ3) is 5.43. The van der Waals surface area contributed by atoms with E-state index in [0.29, 0.717) is 0 Å². The van der Waals surface area contributed by atoms with Crippen molar-refractivity contribution in [3.8, 4) is 0 Å². The van der Waals surface area contributed by atoms with Crippen molar-refractivity contribution in [1.29, 1.82) is 0 Å². The van der Waals surface area contributed by atoms with Crippen LogP contribution in [-0.2, 0) is 9.59 Å². The second kappa shape index (κ2) is 7.30. The first kappa shape index (κ1) is 14.0. The largest absolute Gasteiger partial charge is 0.394 e. The van der Waals surface area contributed by atoms with Crippen LogP contribution in [0.2, 0.25) is 0 Å². The monoisotopic (exact) mass is 220 g/mol. The summed E-state index contributed by atoms with van der Waals surface area (Å²) in [7, 11) is 0. The normalized spacial score (nSPS) is 14.4. The summed E-state index contributed by atoms with van der Waals surface area (Å²) < 4.78 is 0. The maximum Gasteiger partial charge on any atom is 0.233 e. The highest BCUT2D eigenvalue weighted by Gasteiger charge is 2.22. The van der Waals surface area contributed by atoms with Gasteiger partial charge in [-0.3, -0.25) is 15.0 Å². The van der Waals surface area contributed by atoms with Gasteiger partial charge in [0.15, 0.2) is 5.78 Å². The molecule has 0 bridgehead atoms. The van der Waals surface area contributed by atoms with Crippen LogP contribution in [0.15, 0.2) is 0 Å². The Labute approximate surface area is 87.1 Å². The third-order valence-corrected chi connectivity index (χ3v) is 1.69. The molecule has 88 valence electrons. The number of amides is 1. The summed E-state index contributed by atoms with van der Waals surface area (Å²) in [6, 6.07) is 0. The number of aliphatic hydroxyl groups is 3. The second-order valence-corrected chi connectivity index (χ2v) is 2.92. The lowest BCUT2D eigenvalue weighted by atomic mass is 10.1. The molecule has 0 fully saturated rings. The molecule has 7 heteroatoms. The fourth-order valence-corrected chi connectivity index (χ4v) is 0.737. The van der Waals surface area contributed by atoms with E-state index < -0.39 is 24.6 Å². The predicted octanol–water partition coefficient (Wildman–Crippen LogP) is -2.70. The van der Waals surface area contributed by atoms with Gasteiger partial charge in [0, 0.05) is 6.42 Å². The minimum atomic E-state index is -1.65. The maximum absolute atomic E-state index is 11.1. The molecule has 0 saturated carbocycles. The van der Waals surface area contributed by atoms with Gasteiger partial charge in [-0.15, -0.1) is 0 Å². The molecule has 0 radical (unpaired) electrons. The number of nitrogens with one attached hydrogen (secondary N) is 2. The van der Waals surface area contributed by atoms with Crippen LogP contribution in [0.1, 0.15) is 13.3 Å². The summed E-state index contributed by atoms with van der Waals surface area (Å²) in [5, 5.41) is 26.5. The number of hydrazine groups is 1. The molecule has 7 nitrogen and oxygen atoms in total. The van der Waals surface area contributed by atoms with Crippen LogP contribution >= 0.6 is 0 Å². The minimum Gasteiger partial charge on any atom is -0.394 e. The van der Waals surface area contributed by atoms with Crippen molar-refractivity contribution in [3.63, 3.8) is 0 Å². The average Bonchev–Trinajstić information content (AvgIpc) is 2.26. The van der Waals surface area contributed by atoms with E-state index in [4.69, 9.17) is 15.3 Å². The van der Waals surface area contributed by atoms with Gasteiger partial charge >= 0.3 is 0 Å². The molecular formula is C8H16N2O5. The number of Topliss-reactive ketones (excluding diaryl/α,β-unsaturated/α-hetero) is 1. The summed E-state index contributed by atoms with van der Waals surface area (Å²) in [6.45, 7) is 0.626. The molecule has 0 heterocycles. The van der Waals surface area contributed by atoms with Crippen molar-refractivity contribution in [2.45, 2.75) is 25.6 Å². The standard InChI is InChI=1S/C8H16N2O5/c1-2-7(14)10-9-3-5(12)8(15)6(13)4-11/h6,8-9,11,13,15H,2-4H2,1H3,(H,10,14). The van der Waals surface area contributed by atoms with Gasteiger partial charge < -0.3 is 15.3 Å². The van der Waals surface area contributed by atoms with Crippen LogP contribution in [0.25, 0.3) is 0 Å². The molecule has 0 aromatic rings. The summed E-state index contributed by atoms with van der Waals surface area (Å²) in [5.74, 6) is -1.01. The summed E-state index contributed by atoms with van der Waals surface area (Å²) in [4.78, 5) is 21.8. The first-order valence-corrected chi connectivity index (χ1v) is 4.54. The Balaban J connectivity index is 3.78. The van der Waals surface area contributed by atoms with Crippen molar-refractivity contribution >= 4 is 11.7 Å². The van der Waals surface area contributed by atoms with Crippen LogP contribution in [0.4, 0.5) is 0 Å². The highest BCUT2D eigenvalue weighted by Crippen LogP contribution is 1.93. The fourth-order valence-electron chi connectivity index (χ4n) is 0.737. The molecule has 0 spiro atoms. The van der Waals surface area contributed by atoms with E-state index in [2.05, 4.69) is 10.9 Å². The highest BCUT2D eigenvalue weighted by atomic mass is 16.4. The Bertz CT molecular complexity index is 221. The van der Waals surface area contributed by atoms with Crippen molar-refractivity contribution in [3.05, 3.63) is 0 Å². The van der Waals surface area contributed by atoms with E-state index in [1.807, 2.05) is 0 Å². The predicted molar refractivity (Wildman–Crippen MR) is 50.5 cm³/mol. The lowest BCUT2D eigenvalue weighted by molar-refractivity contribution is -0.134. The minimum absolute atomic E-state index is 0.267. The van der Waals surface area contributed by atoms with Crippen molar-refractivity contribution in [2.75, 3.05) is 13.2 Å². The molecule has 0 saturated heterocycles. The SMILES string of the molecule is CCC(=O)NNCC(=O)C(O)C(O)CO. The molecule has 0 aliphatic carbocycles. The molecule has 0 aliphatic heterocycles. The zero-order chi connectivity index (χ0) is 11.8. The molecule has 0 rings (SSSR count). The quantitative estimate of drug-likeness (QED) is 0.298. The number of rotatable bonds is 7. The number of carbonyl (C=O) groups excluding carboxylic acids is 2. The smallest absolute Gasteiger partial charge is 0.233 e. The number of hydrogen-bond acceptors (Lipinski definition) is 6. The lowest BCUT2D eigenvalue weighted by Gasteiger charge is -2.14. The van der Waals surface area contributed by atoms with Gasteiger partial charge in [0.1, 0.15) is 12.2 Å². The van der Waals surface area contributed by atoms with Gasteiger partial charge in [0.05, 0.1) is 13.2 Å². The molecule has 5 N–H and O–H groups in total. The van der Waals surface area contributed by atoms with Gasteiger partial charge in [-0.2, -0.15) is 0 Å². The molecule has 1 amide bonds. The van der Waals surface area contributed by atoms with Gasteiger partial charge in [-0.1, -0.05) is 6.92 Å². The molecule has 0 aromatic carbocycles. The van der Waals surface area contributed by atoms with E-state index in [1.54, 1.807) is 6.92 Å². The Morgan fingerprint density at radius 3 is 2.40 bits per heavy atom. The number of hydrogen-bond donors (Lipinski definition) is 5. The van der Waals surface area contributed by atoms with Crippen LogP contribution in [0.5, 0.6) is 0 Å². The van der Waals surface area contributed by atoms with Crippen LogP contribution in [0, 0.1) is 0 Å². The van der Waals surface area contributed by atoms with Gasteiger partial charge in [-0.05, 0) is 0 Å². The van der Waals surface area contributed by atoms with E-state index in [1.165, 1.54) is 0 Å². The number of ketones is 1. The molecule has 0 aromatic heterocycles. The molecule has 15 heavy (non-hydrogen) atoms. The molecule has 2 unspecified atom stereocenters. The Kier molecular flexibility index (Phi) is 6.80. The zero-order valence-electron chi connectivity index (χ0n) is 8.43. The summed E-state index contributed by atoms with van der Waals surface area (Å²) in [5.41, 5.74) is 4.50. The van der Waals surface area contributed by atoms with Crippen LogP contribution in [-0.4, -0.2) is 52.4 Å². The third-order valence-electron chi connectivity index (χ3n) is 1.69. The highest BCUT2D eigenvalue weighted by molar-refractivity contribution is 5.85. The van der Waals surface area contributed by atoms with E-state index in [0.717, 1.165) is 0 Å². The lowest BCUT2D eigenvalue weighted by Crippen LogP contribution is -2.46. The van der Waals surface area contributed by atoms with Crippen molar-refractivity contribution in [1.82, 2.24) is 10.9 Å². The maximum atomic E-state index is 11.1. The topological polar surface area (TPSA) is 119 Å². The average molecular weight is 220 g/mol. The fraction of sp³-hybridized carbons (Fsp3) is 0.750. The summed E-state index contributed by atoms with van der Waals surface area (Å²) >= 11 is 0. The Morgan fingerprint density at radius 2 is 1.93 bits per heavy atom. The Hall–Kier alpha value is -1.02. The van der Waals surface area contributed by atoms with E-state index in [-0.39, 0.29) is 18.9 Å². The van der Waals surface area contributed by atoms with E-state index in [9.17, 15) is 9.59 Å². The van der Waals surface area contributed by atoms with Crippen molar-refractivity contribution < 1.29 is 24.9 Å². The summed E-state index contributed by atoms with van der Waals surface area (Å²) in [6.07, 6.45) is -2.88. The van der Waals surface area contributed by atoms with Gasteiger partial charge in [0.25, 0.3) is 0 Å². The zero-order valence-corrected chi connectivity index (χ0v) is 8.43. The second-order valence-electron chi connectivity index (χ2n) is 2.92. The number of carbonyl (C=O) groups is 2. The van der Waals surface area contributed by atoms with Crippen LogP contribution in [0.3, 0.4) is 0 Å². The first-order chi connectivity index (χ1) is 7.02. The first-order valence-electron chi connectivity index (χ1n) is 4.54. The van der Waals surface area contributed by atoms with Gasteiger partial charge in [0.2, 0.25) is 5.91 Å². The van der Waals surface area contributed by atoms with Crippen molar-refractivity contribution in [2.24, 2.45) is 0 Å². The van der Waals surface area contributed by atoms with Crippen LogP contribution < -0.4 is 10.9 Å².